The Labute approximate surface area is 322 Å². The maximum atomic E-state index is 12.3. The average Bonchev–Trinajstić information content (AvgIpc) is 3.16. The zero-order chi connectivity index (χ0) is 39.6. The molecule has 0 aromatic carbocycles. The zero-order valence-electron chi connectivity index (χ0n) is 32.7. The second kappa shape index (κ2) is 29.7. The Morgan fingerprint density at radius 3 is 1.74 bits per heavy atom. The van der Waals surface area contributed by atoms with Crippen LogP contribution in [0.5, 0.6) is 0 Å². The van der Waals surface area contributed by atoms with Crippen molar-refractivity contribution in [1.82, 2.24) is 0 Å². The molecule has 7 N–H and O–H groups in total. The van der Waals surface area contributed by atoms with Gasteiger partial charge in [-0.15, -0.1) is 0 Å². The van der Waals surface area contributed by atoms with Crippen molar-refractivity contribution in [3.63, 3.8) is 0 Å². The lowest BCUT2D eigenvalue weighted by molar-refractivity contribution is -0.332. The summed E-state index contributed by atoms with van der Waals surface area (Å²) in [5, 5.41) is 71.2. The summed E-state index contributed by atoms with van der Waals surface area (Å²) in [5.41, 5.74) is 0. The van der Waals surface area contributed by atoms with Crippen molar-refractivity contribution in [3.8, 4) is 0 Å². The third kappa shape index (κ3) is 19.1. The molecule has 316 valence electrons. The summed E-state index contributed by atoms with van der Waals surface area (Å²) in [4.78, 5) is 12.3. The van der Waals surface area contributed by atoms with E-state index in [2.05, 4.69) is 31.2 Å². The molecule has 11 atom stereocenters. The number of ether oxygens (including phenoxy) is 6. The Hall–Kier alpha value is -1.53. The number of carbonyl (C=O) groups is 1. The molecule has 2 fully saturated rings. The fourth-order valence-electron chi connectivity index (χ4n) is 6.29. The molecule has 54 heavy (non-hydrogen) atoms. The number of aliphatic hydroxyl groups excluding tert-OH is 7. The maximum Gasteiger partial charge on any atom is 0.306 e. The smallest absolute Gasteiger partial charge is 0.306 e. The van der Waals surface area contributed by atoms with Gasteiger partial charge in [0, 0.05) is 13.0 Å². The summed E-state index contributed by atoms with van der Waals surface area (Å²) in [7, 11) is 0. The Balaban J connectivity index is 1.65. The van der Waals surface area contributed by atoms with Crippen molar-refractivity contribution in [2.75, 3.05) is 33.0 Å². The SMILES string of the molecule is CCCCCC/C=C\C/C=C\CCCCCCCCCCOCC(COC1OC(COC2OC(CO)C(O)C(O)C2O)C(O)C(O)C1O)OC(=O)CCC. The summed E-state index contributed by atoms with van der Waals surface area (Å²) in [6.45, 7) is 3.25. The van der Waals surface area contributed by atoms with Crippen LogP contribution >= 0.6 is 0 Å². The predicted molar refractivity (Wildman–Crippen MR) is 201 cm³/mol. The first kappa shape index (κ1) is 48.6. The summed E-state index contributed by atoms with van der Waals surface area (Å²) >= 11 is 0. The van der Waals surface area contributed by atoms with Crippen LogP contribution in [0.15, 0.2) is 24.3 Å². The van der Waals surface area contributed by atoms with E-state index in [0.717, 1.165) is 32.1 Å². The Kier molecular flexibility index (Phi) is 26.7. The van der Waals surface area contributed by atoms with Crippen LogP contribution in [0.2, 0.25) is 0 Å². The number of unbranched alkanes of at least 4 members (excludes halogenated alkanes) is 12. The molecule has 2 heterocycles. The Morgan fingerprint density at radius 2 is 1.15 bits per heavy atom. The number of aliphatic hydroxyl groups is 7. The van der Waals surface area contributed by atoms with Gasteiger partial charge in [-0.25, -0.2) is 0 Å². The molecule has 14 heteroatoms. The largest absolute Gasteiger partial charge is 0.457 e. The molecular formula is C40H72O14. The normalized spacial score (nSPS) is 29.6. The van der Waals surface area contributed by atoms with Crippen LogP contribution in [0.1, 0.15) is 123 Å². The molecule has 0 radical (unpaired) electrons. The van der Waals surface area contributed by atoms with E-state index in [-0.39, 0.29) is 19.6 Å². The molecule has 2 aliphatic rings. The summed E-state index contributed by atoms with van der Waals surface area (Å²) in [6, 6.07) is 0. The van der Waals surface area contributed by atoms with Crippen LogP contribution in [0, 0.1) is 0 Å². The van der Waals surface area contributed by atoms with Crippen molar-refractivity contribution < 1.29 is 69.0 Å². The lowest BCUT2D eigenvalue weighted by Crippen LogP contribution is -2.61. The van der Waals surface area contributed by atoms with Crippen LogP contribution in [-0.2, 0) is 33.2 Å². The van der Waals surface area contributed by atoms with E-state index in [1.165, 1.54) is 64.2 Å². The minimum atomic E-state index is -1.70. The first-order valence-electron chi connectivity index (χ1n) is 20.4. The van der Waals surface area contributed by atoms with Crippen LogP contribution < -0.4 is 0 Å². The molecule has 0 spiro atoms. The van der Waals surface area contributed by atoms with Gasteiger partial charge in [0.05, 0.1) is 26.4 Å². The van der Waals surface area contributed by atoms with Gasteiger partial charge in [-0.05, 0) is 44.9 Å². The number of rotatable bonds is 30. The van der Waals surface area contributed by atoms with Gasteiger partial charge in [-0.1, -0.05) is 95.9 Å². The molecule has 2 saturated heterocycles. The lowest BCUT2D eigenvalue weighted by atomic mass is 9.98. The van der Waals surface area contributed by atoms with Gasteiger partial charge in [-0.2, -0.15) is 0 Å². The first-order chi connectivity index (χ1) is 26.1. The molecule has 14 nitrogen and oxygen atoms in total. The van der Waals surface area contributed by atoms with E-state index in [4.69, 9.17) is 28.4 Å². The van der Waals surface area contributed by atoms with Crippen LogP contribution in [0.4, 0.5) is 0 Å². The van der Waals surface area contributed by atoms with Gasteiger partial charge in [-0.3, -0.25) is 4.79 Å². The fraction of sp³-hybridized carbons (Fsp3) is 0.875. The highest BCUT2D eigenvalue weighted by atomic mass is 16.7. The van der Waals surface area contributed by atoms with E-state index in [9.17, 15) is 40.5 Å². The van der Waals surface area contributed by atoms with Crippen LogP contribution in [0.3, 0.4) is 0 Å². The van der Waals surface area contributed by atoms with Crippen molar-refractivity contribution in [2.24, 2.45) is 0 Å². The van der Waals surface area contributed by atoms with Crippen molar-refractivity contribution in [2.45, 2.75) is 191 Å². The van der Waals surface area contributed by atoms with Gasteiger partial charge in [0.2, 0.25) is 0 Å². The van der Waals surface area contributed by atoms with Crippen LogP contribution in [0.25, 0.3) is 0 Å². The summed E-state index contributed by atoms with van der Waals surface area (Å²) in [6.07, 6.45) is 11.6. The standard InChI is InChI=1S/C40H72O14/c1-3-5-6-7-8-9-10-11-12-13-14-15-16-17-18-19-20-21-22-24-49-26-29(52-32(42)23-4-2)27-50-39-38(48)36(46)34(44)31(54-39)28-51-40-37(47)35(45)33(43)30(25-41)53-40/h9-10,12-13,29-31,33-41,43-48H,3-8,11,14-28H2,1-2H3/b10-9-,13-12-. The fourth-order valence-corrected chi connectivity index (χ4v) is 6.29. The molecule has 11 unspecified atom stereocenters. The third-order valence-corrected chi connectivity index (χ3v) is 9.68. The lowest BCUT2D eigenvalue weighted by Gasteiger charge is -2.42. The predicted octanol–water partition coefficient (Wildman–Crippen LogP) is 3.34. The Bertz CT molecular complexity index is 996. The van der Waals surface area contributed by atoms with Gasteiger partial charge >= 0.3 is 5.97 Å². The van der Waals surface area contributed by atoms with Crippen molar-refractivity contribution >= 4 is 5.97 Å². The van der Waals surface area contributed by atoms with Gasteiger partial charge in [0.1, 0.15) is 54.9 Å². The van der Waals surface area contributed by atoms with E-state index in [1.54, 1.807) is 0 Å². The second-order valence-corrected chi connectivity index (χ2v) is 14.5. The molecule has 2 rings (SSSR count). The molecule has 0 aromatic heterocycles. The molecule has 2 aliphatic heterocycles. The van der Waals surface area contributed by atoms with Gasteiger partial charge in [0.25, 0.3) is 0 Å². The van der Waals surface area contributed by atoms with Crippen molar-refractivity contribution in [1.29, 1.82) is 0 Å². The highest BCUT2D eigenvalue weighted by Gasteiger charge is 2.47. The first-order valence-corrected chi connectivity index (χ1v) is 20.4. The zero-order valence-corrected chi connectivity index (χ0v) is 32.7. The van der Waals surface area contributed by atoms with Crippen molar-refractivity contribution in [3.05, 3.63) is 24.3 Å². The highest BCUT2D eigenvalue weighted by Crippen LogP contribution is 2.26. The van der Waals surface area contributed by atoms with E-state index >= 15 is 0 Å². The van der Waals surface area contributed by atoms with Crippen LogP contribution in [-0.4, -0.2) is 142 Å². The highest BCUT2D eigenvalue weighted by molar-refractivity contribution is 5.69. The minimum absolute atomic E-state index is 0.0525. The number of allylic oxidation sites excluding steroid dienone is 4. The molecular weight excluding hydrogens is 704 g/mol. The number of hydrogen-bond acceptors (Lipinski definition) is 14. The molecule has 0 bridgehead atoms. The quantitative estimate of drug-likeness (QED) is 0.0317. The topological polar surface area (TPSA) is 214 Å². The summed E-state index contributed by atoms with van der Waals surface area (Å²) in [5.74, 6) is -0.433. The second-order valence-electron chi connectivity index (χ2n) is 14.5. The summed E-state index contributed by atoms with van der Waals surface area (Å²) < 4.78 is 33.5. The number of hydrogen-bond donors (Lipinski definition) is 7. The number of carbonyl (C=O) groups excluding carboxylic acids is 1. The van der Waals surface area contributed by atoms with Gasteiger partial charge < -0.3 is 64.2 Å². The molecule has 0 amide bonds. The number of esters is 1. The molecule has 0 aliphatic carbocycles. The van der Waals surface area contributed by atoms with E-state index in [0.29, 0.717) is 13.0 Å². The average molecular weight is 777 g/mol. The molecule has 0 saturated carbocycles. The van der Waals surface area contributed by atoms with Gasteiger partial charge in [0.15, 0.2) is 12.6 Å². The monoisotopic (exact) mass is 776 g/mol. The molecule has 0 aromatic rings. The van der Waals surface area contributed by atoms with E-state index in [1.807, 2.05) is 6.92 Å². The minimum Gasteiger partial charge on any atom is -0.457 e. The third-order valence-electron chi connectivity index (χ3n) is 9.68. The maximum absolute atomic E-state index is 12.3. The Morgan fingerprint density at radius 1 is 0.611 bits per heavy atom. The van der Waals surface area contributed by atoms with E-state index < -0.39 is 86.7 Å².